The van der Waals surface area contributed by atoms with Crippen molar-refractivity contribution < 1.29 is 38.4 Å². The third-order valence-corrected chi connectivity index (χ3v) is 14.5. The van der Waals surface area contributed by atoms with Gasteiger partial charge >= 0.3 is 6.09 Å². The summed E-state index contributed by atoms with van der Waals surface area (Å²) in [7, 11) is 3.18. The van der Waals surface area contributed by atoms with Crippen molar-refractivity contribution in [2.75, 3.05) is 20.8 Å². The summed E-state index contributed by atoms with van der Waals surface area (Å²) in [5, 5.41) is 24.6. The minimum Gasteiger partial charge on any atom is -0.497 e. The molecule has 0 radical (unpaired) electrons. The average Bonchev–Trinajstić information content (AvgIpc) is 3.46. The Morgan fingerprint density at radius 1 is 1.02 bits per heavy atom. The Bertz CT molecular complexity index is 2010. The van der Waals surface area contributed by atoms with E-state index in [1.54, 1.807) is 31.3 Å². The van der Waals surface area contributed by atoms with Crippen LogP contribution in [0.1, 0.15) is 131 Å². The maximum atomic E-state index is 15.1. The molecule has 10 heteroatoms. The summed E-state index contributed by atoms with van der Waals surface area (Å²) in [5.74, 6) is 1.04. The van der Waals surface area contributed by atoms with E-state index in [1.165, 1.54) is 12.1 Å². The molecule has 2 saturated carbocycles. The van der Waals surface area contributed by atoms with Crippen LogP contribution < -0.4 is 9.47 Å². The summed E-state index contributed by atoms with van der Waals surface area (Å²) in [6, 6.07) is 15.7. The zero-order chi connectivity index (χ0) is 43.4. The first-order valence-corrected chi connectivity index (χ1v) is 22.2. The molecule has 2 fully saturated rings. The van der Waals surface area contributed by atoms with Crippen LogP contribution in [-0.4, -0.2) is 65.6 Å². The highest BCUT2D eigenvalue weighted by atomic mass is 35.5. The average molecular weight is 847 g/mol. The Kier molecular flexibility index (Phi) is 14.8. The fraction of sp³-hybridized carbons (Fsp3) is 0.560. The molecule has 326 valence electrons. The van der Waals surface area contributed by atoms with Crippen molar-refractivity contribution in [3.63, 3.8) is 0 Å². The number of aliphatic hydroxyl groups is 2. The fourth-order valence-electron chi connectivity index (χ4n) is 10.3. The second-order valence-corrected chi connectivity index (χ2v) is 18.9. The number of hydrogen-bond acceptors (Lipinski definition) is 7. The molecule has 2 N–H and O–H groups in total. The van der Waals surface area contributed by atoms with E-state index in [0.29, 0.717) is 73.8 Å². The van der Waals surface area contributed by atoms with Gasteiger partial charge in [0.25, 0.3) is 0 Å². The second kappa shape index (κ2) is 19.4. The highest BCUT2D eigenvalue weighted by molar-refractivity contribution is 6.31. The van der Waals surface area contributed by atoms with E-state index in [1.807, 2.05) is 30.3 Å². The summed E-state index contributed by atoms with van der Waals surface area (Å²) < 4.78 is 32.9. The summed E-state index contributed by atoms with van der Waals surface area (Å²) in [6.45, 7) is 10.9. The summed E-state index contributed by atoms with van der Waals surface area (Å²) in [6.07, 6.45) is 7.25. The standard InChI is InChI=1S/C50H65ClFNO7/c1-31(2)38-19-14-33(4)24-47(38)60-48(56)53(29-35-16-18-37(58-6)27-46(35)59-7)30-50(57)23-21-42-39-20-15-34(25-36(54)17-13-32(3)10-9-22-49(42,50)5)26-40(39)45(55)28-41-43(51)11-8-12-44(41)52/h8,10-12,15-16,18,20,26-27,31,33,36,38,42,47,54,57H,9,13-14,17,19,21-25,28-30H2,1-7H3/t33-,36-,38+,42-,47-,49-,50+/m0/s1. The second-order valence-electron chi connectivity index (χ2n) is 18.5. The SMILES string of the molecule is COc1ccc(CN(C[C@]2(O)CC[C@H]3c4ccc(cc4C(=O)Cc4c(F)cccc4Cl)C[C@@H](O)CCC(C)=CCC[C@@]32C)C(=O)O[C@H]2C[C@@H](C)CC[C@@H]2C(C)C)c(OC)c1. The topological polar surface area (TPSA) is 106 Å². The molecule has 0 spiro atoms. The third-order valence-electron chi connectivity index (χ3n) is 14.2. The van der Waals surface area contributed by atoms with Gasteiger partial charge in [0.1, 0.15) is 23.4 Å². The molecule has 0 heterocycles. The molecule has 1 amide bonds. The molecule has 60 heavy (non-hydrogen) atoms. The van der Waals surface area contributed by atoms with Crippen LogP contribution in [0, 0.1) is 29.0 Å². The Morgan fingerprint density at radius 3 is 2.52 bits per heavy atom. The first-order chi connectivity index (χ1) is 28.5. The number of fused-ring (bicyclic) bond motifs is 8. The van der Waals surface area contributed by atoms with E-state index in [0.717, 1.165) is 41.5 Å². The number of halogens is 2. The van der Waals surface area contributed by atoms with E-state index in [2.05, 4.69) is 40.7 Å². The molecular weight excluding hydrogens is 781 g/mol. The van der Waals surface area contributed by atoms with Gasteiger partial charge in [-0.3, -0.25) is 4.79 Å². The van der Waals surface area contributed by atoms with E-state index in [4.69, 9.17) is 25.8 Å². The Balaban J connectivity index is 1.42. The van der Waals surface area contributed by atoms with Crippen LogP contribution in [0.4, 0.5) is 9.18 Å². The molecule has 0 unspecified atom stereocenters. The van der Waals surface area contributed by atoms with Crippen molar-refractivity contribution in [2.45, 2.75) is 136 Å². The molecule has 7 rings (SSSR count). The number of benzene rings is 3. The van der Waals surface area contributed by atoms with Gasteiger partial charge in [0.2, 0.25) is 0 Å². The van der Waals surface area contributed by atoms with Crippen LogP contribution in [0.3, 0.4) is 0 Å². The predicted molar refractivity (Wildman–Crippen MR) is 234 cm³/mol. The van der Waals surface area contributed by atoms with Crippen molar-refractivity contribution >= 4 is 23.5 Å². The lowest BCUT2D eigenvalue weighted by molar-refractivity contribution is -0.0877. The highest BCUT2D eigenvalue weighted by Crippen LogP contribution is 2.59. The minimum atomic E-state index is -1.41. The van der Waals surface area contributed by atoms with Crippen LogP contribution in [0.2, 0.25) is 5.02 Å². The molecule has 2 bridgehead atoms. The van der Waals surface area contributed by atoms with Gasteiger partial charge in [-0.25, -0.2) is 9.18 Å². The van der Waals surface area contributed by atoms with E-state index < -0.39 is 29.0 Å². The summed E-state index contributed by atoms with van der Waals surface area (Å²) in [4.78, 5) is 30.8. The number of allylic oxidation sites excluding steroid dienone is 2. The monoisotopic (exact) mass is 845 g/mol. The molecule has 3 aromatic rings. The van der Waals surface area contributed by atoms with Crippen LogP contribution in [0.5, 0.6) is 11.5 Å². The van der Waals surface area contributed by atoms with Crippen molar-refractivity contribution in [3.8, 4) is 11.5 Å². The number of carbonyl (C=O) groups excluding carboxylic acids is 2. The number of ether oxygens (including phenoxy) is 3. The van der Waals surface area contributed by atoms with E-state index >= 15 is 4.39 Å². The van der Waals surface area contributed by atoms with Crippen LogP contribution >= 0.6 is 11.6 Å². The zero-order valence-electron chi connectivity index (χ0n) is 36.6. The fourth-order valence-corrected chi connectivity index (χ4v) is 10.6. The van der Waals surface area contributed by atoms with Gasteiger partial charge in [0.15, 0.2) is 5.78 Å². The van der Waals surface area contributed by atoms with Crippen LogP contribution in [-0.2, 0) is 24.1 Å². The van der Waals surface area contributed by atoms with Crippen molar-refractivity contribution in [1.29, 1.82) is 0 Å². The number of Topliss-reactive ketones (excluding diaryl/α,β-unsaturated/α-hetero) is 1. The lowest BCUT2D eigenvalue weighted by Crippen LogP contribution is -2.54. The quantitative estimate of drug-likeness (QED) is 0.146. The van der Waals surface area contributed by atoms with Crippen LogP contribution in [0.15, 0.2) is 66.2 Å². The summed E-state index contributed by atoms with van der Waals surface area (Å²) >= 11 is 6.44. The minimum absolute atomic E-state index is 0.0102. The number of nitrogens with zero attached hydrogens (tertiary/aromatic N) is 1. The molecule has 4 aliphatic carbocycles. The molecule has 7 atom stereocenters. The third kappa shape index (κ3) is 10.1. The van der Waals surface area contributed by atoms with Crippen molar-refractivity contribution in [3.05, 3.63) is 105 Å². The number of rotatable bonds is 11. The molecular formula is C50H65ClFNO7. The normalized spacial score (nSPS) is 27.1. The first kappa shape index (κ1) is 45.6. The summed E-state index contributed by atoms with van der Waals surface area (Å²) in [5.41, 5.74) is 1.82. The number of methoxy groups -OCH3 is 2. The van der Waals surface area contributed by atoms with Gasteiger partial charge in [-0.1, -0.05) is 75.6 Å². The van der Waals surface area contributed by atoms with Gasteiger partial charge in [-0.2, -0.15) is 0 Å². The van der Waals surface area contributed by atoms with E-state index in [-0.39, 0.29) is 53.8 Å². The smallest absolute Gasteiger partial charge is 0.410 e. The zero-order valence-corrected chi connectivity index (χ0v) is 37.3. The van der Waals surface area contributed by atoms with Crippen molar-refractivity contribution in [2.24, 2.45) is 23.2 Å². The molecule has 3 aromatic carbocycles. The lowest BCUT2D eigenvalue weighted by Gasteiger charge is -2.46. The first-order valence-electron chi connectivity index (χ1n) is 21.9. The molecule has 4 aliphatic rings. The number of aliphatic hydroxyl groups excluding tert-OH is 1. The predicted octanol–water partition coefficient (Wildman–Crippen LogP) is 11.1. The van der Waals surface area contributed by atoms with E-state index in [9.17, 15) is 19.8 Å². The molecule has 8 nitrogen and oxygen atoms in total. The maximum absolute atomic E-state index is 15.1. The Hall–Kier alpha value is -3.92. The maximum Gasteiger partial charge on any atom is 0.410 e. The number of hydrogen-bond donors (Lipinski definition) is 2. The lowest BCUT2D eigenvalue weighted by atomic mass is 9.64. The molecule has 0 aromatic heterocycles. The van der Waals surface area contributed by atoms with Gasteiger partial charge in [0, 0.05) is 39.6 Å². The molecule has 0 saturated heterocycles. The number of amides is 1. The Morgan fingerprint density at radius 2 is 1.80 bits per heavy atom. The number of ketones is 1. The van der Waals surface area contributed by atoms with Gasteiger partial charge in [-0.05, 0) is 130 Å². The van der Waals surface area contributed by atoms with Crippen LogP contribution in [0.25, 0.3) is 0 Å². The molecule has 0 aliphatic heterocycles. The van der Waals surface area contributed by atoms with Gasteiger partial charge < -0.3 is 29.3 Å². The largest absolute Gasteiger partial charge is 0.497 e. The van der Waals surface area contributed by atoms with Gasteiger partial charge in [0.05, 0.1) is 39.0 Å². The highest BCUT2D eigenvalue weighted by Gasteiger charge is 2.58. The van der Waals surface area contributed by atoms with Gasteiger partial charge in [-0.15, -0.1) is 0 Å². The Labute approximate surface area is 361 Å². The van der Waals surface area contributed by atoms with Crippen molar-refractivity contribution in [1.82, 2.24) is 4.90 Å². The number of carbonyl (C=O) groups is 2.